The number of aryl methyl sites for hydroxylation is 1. The van der Waals surface area contributed by atoms with E-state index >= 15 is 0 Å². The first-order valence-electron chi connectivity index (χ1n) is 9.17. The summed E-state index contributed by atoms with van der Waals surface area (Å²) in [5, 5.41) is 15.0. The Morgan fingerprint density at radius 2 is 1.88 bits per heavy atom. The molecule has 0 fully saturated rings. The summed E-state index contributed by atoms with van der Waals surface area (Å²) in [6.45, 7) is 3.72. The van der Waals surface area contributed by atoms with Gasteiger partial charge in [0, 0.05) is 43.2 Å². The van der Waals surface area contributed by atoms with E-state index in [0.717, 1.165) is 37.1 Å². The van der Waals surface area contributed by atoms with Crippen molar-refractivity contribution in [1.29, 1.82) is 10.8 Å². The molecule has 0 bridgehead atoms. The highest BCUT2D eigenvalue weighted by atomic mass is 16.1. The van der Waals surface area contributed by atoms with Gasteiger partial charge in [-0.25, -0.2) is 0 Å². The number of Topliss-reactive ketones (excluding diaryl/α,β-unsaturated/α-hetero) is 1. The van der Waals surface area contributed by atoms with Crippen LogP contribution in [0.15, 0.2) is 42.5 Å². The van der Waals surface area contributed by atoms with Crippen molar-refractivity contribution < 1.29 is 4.79 Å². The van der Waals surface area contributed by atoms with Gasteiger partial charge in [0.15, 0.2) is 5.78 Å². The fourth-order valence-corrected chi connectivity index (χ4v) is 3.53. The number of carbonyl (C=O) groups is 1. The molecule has 26 heavy (non-hydrogen) atoms. The number of anilines is 1. The molecule has 0 radical (unpaired) electrons. The standard InChI is InChI=1S/C22H25N3O/c1-2-22(26)17-7-5-16(6-8-17)15-25-11-3-4-19-12-18(9-10-21(19)25)20(13-23)14-24/h5-10,12-14,20,23-24H,2-4,11,15H2,1H3. The molecule has 1 aliphatic rings. The minimum atomic E-state index is -0.237. The van der Waals surface area contributed by atoms with Crippen molar-refractivity contribution in [3.8, 4) is 0 Å². The fourth-order valence-electron chi connectivity index (χ4n) is 3.53. The van der Waals surface area contributed by atoms with E-state index < -0.39 is 0 Å². The Kier molecular flexibility index (Phi) is 5.61. The lowest BCUT2D eigenvalue weighted by Crippen LogP contribution is -2.29. The first-order chi connectivity index (χ1) is 12.7. The third-order valence-electron chi connectivity index (χ3n) is 5.03. The van der Waals surface area contributed by atoms with Crippen LogP contribution < -0.4 is 4.90 Å². The second-order valence-electron chi connectivity index (χ2n) is 6.75. The Morgan fingerprint density at radius 1 is 1.15 bits per heavy atom. The number of benzene rings is 2. The summed E-state index contributed by atoms with van der Waals surface area (Å²) in [4.78, 5) is 14.2. The fraction of sp³-hybridized carbons (Fsp3) is 0.318. The van der Waals surface area contributed by atoms with Crippen LogP contribution in [0, 0.1) is 10.8 Å². The highest BCUT2D eigenvalue weighted by Crippen LogP contribution is 2.31. The molecule has 0 atom stereocenters. The van der Waals surface area contributed by atoms with E-state index in [-0.39, 0.29) is 11.7 Å². The summed E-state index contributed by atoms with van der Waals surface area (Å²) in [6.07, 6.45) is 5.30. The maximum atomic E-state index is 11.8. The Hall–Kier alpha value is -2.75. The quantitative estimate of drug-likeness (QED) is 0.567. The summed E-state index contributed by atoms with van der Waals surface area (Å²) >= 11 is 0. The molecule has 0 amide bonds. The van der Waals surface area contributed by atoms with E-state index in [1.54, 1.807) is 0 Å². The van der Waals surface area contributed by atoms with E-state index in [1.165, 1.54) is 29.2 Å². The molecule has 0 aliphatic carbocycles. The Morgan fingerprint density at radius 3 is 2.54 bits per heavy atom. The molecule has 1 heterocycles. The third-order valence-corrected chi connectivity index (χ3v) is 5.03. The maximum absolute atomic E-state index is 11.8. The van der Waals surface area contributed by atoms with Crippen molar-refractivity contribution in [2.45, 2.75) is 38.6 Å². The van der Waals surface area contributed by atoms with Crippen LogP contribution in [0.4, 0.5) is 5.69 Å². The first-order valence-corrected chi connectivity index (χ1v) is 9.17. The molecule has 2 N–H and O–H groups in total. The smallest absolute Gasteiger partial charge is 0.162 e. The molecule has 0 aromatic heterocycles. The summed E-state index contributed by atoms with van der Waals surface area (Å²) in [7, 11) is 0. The number of hydrogen-bond donors (Lipinski definition) is 2. The monoisotopic (exact) mass is 347 g/mol. The van der Waals surface area contributed by atoms with Gasteiger partial charge < -0.3 is 15.7 Å². The van der Waals surface area contributed by atoms with Crippen molar-refractivity contribution in [3.63, 3.8) is 0 Å². The Bertz CT molecular complexity index is 803. The predicted octanol–water partition coefficient (Wildman–Crippen LogP) is 4.61. The lowest BCUT2D eigenvalue weighted by atomic mass is 9.93. The number of fused-ring (bicyclic) bond motifs is 1. The molecule has 3 rings (SSSR count). The average Bonchev–Trinajstić information content (AvgIpc) is 2.69. The van der Waals surface area contributed by atoms with Crippen LogP contribution >= 0.6 is 0 Å². The molecule has 0 spiro atoms. The van der Waals surface area contributed by atoms with Crippen molar-refractivity contribution in [2.24, 2.45) is 0 Å². The summed E-state index contributed by atoms with van der Waals surface area (Å²) in [5.41, 5.74) is 5.52. The molecule has 2 aromatic carbocycles. The van der Waals surface area contributed by atoms with Crippen LogP contribution in [0.5, 0.6) is 0 Å². The maximum Gasteiger partial charge on any atom is 0.162 e. The van der Waals surface area contributed by atoms with E-state index in [0.29, 0.717) is 6.42 Å². The van der Waals surface area contributed by atoms with Crippen LogP contribution in [-0.2, 0) is 13.0 Å². The molecular formula is C22H25N3O. The van der Waals surface area contributed by atoms with Crippen LogP contribution in [0.25, 0.3) is 0 Å². The van der Waals surface area contributed by atoms with Gasteiger partial charge in [0.25, 0.3) is 0 Å². The van der Waals surface area contributed by atoms with Crippen molar-refractivity contribution in [1.82, 2.24) is 0 Å². The molecule has 134 valence electrons. The zero-order valence-corrected chi connectivity index (χ0v) is 15.2. The average molecular weight is 347 g/mol. The normalized spacial score (nSPS) is 14.4. The topological polar surface area (TPSA) is 68.0 Å². The number of nitrogens with zero attached hydrogens (tertiary/aromatic N) is 1. The van der Waals surface area contributed by atoms with Crippen LogP contribution in [0.3, 0.4) is 0 Å². The van der Waals surface area contributed by atoms with Crippen LogP contribution in [-0.4, -0.2) is 24.8 Å². The highest BCUT2D eigenvalue weighted by Gasteiger charge is 2.18. The van der Waals surface area contributed by atoms with Crippen molar-refractivity contribution in [3.05, 3.63) is 64.7 Å². The molecule has 4 nitrogen and oxygen atoms in total. The highest BCUT2D eigenvalue weighted by molar-refractivity contribution is 5.95. The van der Waals surface area contributed by atoms with Gasteiger partial charge in [0.1, 0.15) is 0 Å². The summed E-state index contributed by atoms with van der Waals surface area (Å²) in [5.74, 6) is -0.0568. The SMILES string of the molecule is CCC(=O)c1ccc(CN2CCCc3cc(C(C=N)C=N)ccc32)cc1. The number of rotatable bonds is 7. The zero-order valence-electron chi connectivity index (χ0n) is 15.2. The number of carbonyl (C=O) groups excluding carboxylic acids is 1. The second-order valence-corrected chi connectivity index (χ2v) is 6.75. The molecule has 0 unspecified atom stereocenters. The van der Waals surface area contributed by atoms with Crippen LogP contribution in [0.2, 0.25) is 0 Å². The van der Waals surface area contributed by atoms with Gasteiger partial charge in [-0.15, -0.1) is 0 Å². The third kappa shape index (κ3) is 3.74. The number of nitrogens with one attached hydrogen (secondary N) is 2. The number of hydrogen-bond acceptors (Lipinski definition) is 4. The first kappa shape index (κ1) is 18.1. The van der Waals surface area contributed by atoms with Gasteiger partial charge in [-0.3, -0.25) is 4.79 Å². The van der Waals surface area contributed by atoms with Gasteiger partial charge >= 0.3 is 0 Å². The minimum Gasteiger partial charge on any atom is -0.367 e. The van der Waals surface area contributed by atoms with E-state index in [2.05, 4.69) is 17.0 Å². The van der Waals surface area contributed by atoms with E-state index in [9.17, 15) is 4.79 Å². The summed E-state index contributed by atoms with van der Waals surface area (Å²) < 4.78 is 0. The zero-order chi connectivity index (χ0) is 18.5. The molecule has 1 aliphatic heterocycles. The lowest BCUT2D eigenvalue weighted by Gasteiger charge is -2.32. The van der Waals surface area contributed by atoms with Gasteiger partial charge in [-0.2, -0.15) is 0 Å². The number of ketones is 1. The van der Waals surface area contributed by atoms with Gasteiger partial charge in [0.2, 0.25) is 0 Å². The molecule has 0 saturated heterocycles. The largest absolute Gasteiger partial charge is 0.367 e. The van der Waals surface area contributed by atoms with Crippen LogP contribution in [0.1, 0.15) is 52.7 Å². The molecular weight excluding hydrogens is 322 g/mol. The van der Waals surface area contributed by atoms with Crippen molar-refractivity contribution in [2.75, 3.05) is 11.4 Å². The van der Waals surface area contributed by atoms with E-state index in [4.69, 9.17) is 10.8 Å². The summed E-state index contributed by atoms with van der Waals surface area (Å²) in [6, 6.07) is 14.2. The van der Waals surface area contributed by atoms with Gasteiger partial charge in [-0.1, -0.05) is 43.3 Å². The Balaban J connectivity index is 1.80. The Labute approximate surface area is 154 Å². The second kappa shape index (κ2) is 8.09. The molecule has 0 saturated carbocycles. The van der Waals surface area contributed by atoms with Crippen molar-refractivity contribution >= 4 is 23.9 Å². The van der Waals surface area contributed by atoms with Gasteiger partial charge in [-0.05, 0) is 35.6 Å². The predicted molar refractivity (Wildman–Crippen MR) is 107 cm³/mol. The van der Waals surface area contributed by atoms with E-state index in [1.807, 2.05) is 37.3 Å². The van der Waals surface area contributed by atoms with Gasteiger partial charge in [0.05, 0.1) is 5.92 Å². The minimum absolute atomic E-state index is 0.180. The molecule has 2 aromatic rings. The lowest BCUT2D eigenvalue weighted by molar-refractivity contribution is 0.0988. The molecule has 4 heteroatoms.